The summed E-state index contributed by atoms with van der Waals surface area (Å²) in [6.07, 6.45) is 3.38. The van der Waals surface area contributed by atoms with E-state index in [1.807, 2.05) is 6.92 Å². The van der Waals surface area contributed by atoms with E-state index in [2.05, 4.69) is 65.3 Å². The number of fused-ring (bicyclic) bond motifs is 1. The van der Waals surface area contributed by atoms with Crippen LogP contribution in [-0.4, -0.2) is 31.2 Å². The van der Waals surface area contributed by atoms with Crippen molar-refractivity contribution in [3.8, 4) is 0 Å². The van der Waals surface area contributed by atoms with Crippen LogP contribution in [0, 0.1) is 6.92 Å². The van der Waals surface area contributed by atoms with Gasteiger partial charge in [0.15, 0.2) is 5.43 Å². The lowest BCUT2D eigenvalue weighted by atomic mass is 10.0. The average molecular weight is 391 g/mol. The highest BCUT2D eigenvalue weighted by molar-refractivity contribution is 5.80. The molecule has 0 unspecified atom stereocenters. The number of hydrogen-bond acceptors (Lipinski definition) is 2. The summed E-state index contributed by atoms with van der Waals surface area (Å²) in [6, 6.07) is 17.0. The monoisotopic (exact) mass is 390 g/mol. The third-order valence-corrected chi connectivity index (χ3v) is 6.22. The Morgan fingerprint density at radius 3 is 2.55 bits per heavy atom. The zero-order chi connectivity index (χ0) is 20.2. The predicted octanol–water partition coefficient (Wildman–Crippen LogP) is 3.08. The van der Waals surface area contributed by atoms with Gasteiger partial charge in [0, 0.05) is 22.3 Å². The van der Waals surface area contributed by atoms with Crippen LogP contribution >= 0.6 is 0 Å². The number of hydrogen-bond donors (Lipinski definition) is 2. The number of pyridine rings is 1. The van der Waals surface area contributed by atoms with E-state index in [9.17, 15) is 4.79 Å². The largest absolute Gasteiger partial charge is 0.360 e. The van der Waals surface area contributed by atoms with Crippen LogP contribution in [0.25, 0.3) is 10.9 Å². The van der Waals surface area contributed by atoms with Crippen molar-refractivity contribution in [3.63, 3.8) is 0 Å². The molecule has 2 heterocycles. The van der Waals surface area contributed by atoms with Gasteiger partial charge in [0.2, 0.25) is 0 Å². The maximum atomic E-state index is 13.3. The number of nitrogens with zero attached hydrogens (tertiary/aromatic N) is 1. The van der Waals surface area contributed by atoms with Crippen LogP contribution in [0.4, 0.5) is 5.69 Å². The molecule has 1 aliphatic heterocycles. The molecular weight excluding hydrogens is 358 g/mol. The standard InChI is InChI=1S/C25H31N3O/c1-3-4-8-20-11-12-24-22(17-20)25(29)23(19(2)26-24)18-27-13-15-28(16-14-27)21-9-6-5-7-10-21/h5-7,9-12,17H,3-4,8,13-16,18H2,1-2H3,(H,26,29)/p+1. The van der Waals surface area contributed by atoms with Crippen LogP contribution < -0.4 is 15.2 Å². The highest BCUT2D eigenvalue weighted by Gasteiger charge is 2.22. The van der Waals surface area contributed by atoms with Crippen molar-refractivity contribution >= 4 is 16.6 Å². The summed E-state index contributed by atoms with van der Waals surface area (Å²) in [5.74, 6) is 0. The smallest absolute Gasteiger partial charge is 0.198 e. The van der Waals surface area contributed by atoms with E-state index in [1.54, 1.807) is 0 Å². The molecule has 0 radical (unpaired) electrons. The SMILES string of the molecule is CCCCc1ccc2[nH]c(C)c(C[NH+]3CCN(c4ccccc4)CC3)c(=O)c2c1. The molecule has 1 aromatic heterocycles. The number of quaternary nitrogens is 1. The van der Waals surface area contributed by atoms with Gasteiger partial charge in [-0.15, -0.1) is 0 Å². The van der Waals surface area contributed by atoms with Crippen molar-refractivity contribution in [2.24, 2.45) is 0 Å². The zero-order valence-electron chi connectivity index (χ0n) is 17.6. The van der Waals surface area contributed by atoms with Gasteiger partial charge < -0.3 is 14.8 Å². The van der Waals surface area contributed by atoms with Crippen molar-refractivity contribution in [2.45, 2.75) is 39.7 Å². The maximum absolute atomic E-state index is 13.3. The molecule has 152 valence electrons. The Balaban J connectivity index is 1.51. The number of aryl methyl sites for hydroxylation is 2. The lowest BCUT2D eigenvalue weighted by molar-refractivity contribution is -0.914. The average Bonchev–Trinajstić information content (AvgIpc) is 2.76. The Labute approximate surface area is 173 Å². The number of para-hydroxylation sites is 1. The fraction of sp³-hybridized carbons (Fsp3) is 0.400. The molecule has 1 fully saturated rings. The number of benzene rings is 2. The summed E-state index contributed by atoms with van der Waals surface area (Å²) in [6.45, 7) is 9.23. The molecule has 0 atom stereocenters. The van der Waals surface area contributed by atoms with Gasteiger partial charge in [-0.1, -0.05) is 37.6 Å². The number of unbranched alkanes of at least 4 members (excludes halogenated alkanes) is 1. The fourth-order valence-corrected chi connectivity index (χ4v) is 4.39. The molecule has 0 amide bonds. The summed E-state index contributed by atoms with van der Waals surface area (Å²) < 4.78 is 0. The topological polar surface area (TPSA) is 40.5 Å². The van der Waals surface area contributed by atoms with Gasteiger partial charge in [-0.2, -0.15) is 0 Å². The van der Waals surface area contributed by atoms with E-state index in [4.69, 9.17) is 0 Å². The number of nitrogens with one attached hydrogen (secondary N) is 2. The summed E-state index contributed by atoms with van der Waals surface area (Å²) in [5, 5.41) is 0.849. The third-order valence-electron chi connectivity index (χ3n) is 6.22. The highest BCUT2D eigenvalue weighted by Crippen LogP contribution is 2.16. The maximum Gasteiger partial charge on any atom is 0.198 e. The molecule has 4 heteroatoms. The molecule has 4 rings (SSSR count). The van der Waals surface area contributed by atoms with Gasteiger partial charge in [-0.25, -0.2) is 0 Å². The van der Waals surface area contributed by atoms with Crippen LogP contribution in [0.3, 0.4) is 0 Å². The summed E-state index contributed by atoms with van der Waals surface area (Å²) in [7, 11) is 0. The summed E-state index contributed by atoms with van der Waals surface area (Å²) in [5.41, 5.74) is 5.71. The lowest BCUT2D eigenvalue weighted by Gasteiger charge is -2.33. The first-order chi connectivity index (χ1) is 14.2. The molecule has 0 aliphatic carbocycles. The Morgan fingerprint density at radius 1 is 1.07 bits per heavy atom. The molecule has 2 aromatic carbocycles. The molecule has 0 spiro atoms. The number of anilines is 1. The van der Waals surface area contributed by atoms with Crippen LogP contribution in [0.1, 0.15) is 36.6 Å². The minimum absolute atomic E-state index is 0.215. The van der Waals surface area contributed by atoms with Crippen LogP contribution in [0.2, 0.25) is 0 Å². The molecule has 3 aromatic rings. The highest BCUT2D eigenvalue weighted by atomic mass is 16.1. The first kappa shape index (κ1) is 19.7. The van der Waals surface area contributed by atoms with Crippen molar-refractivity contribution in [2.75, 3.05) is 31.1 Å². The number of rotatable bonds is 6. The first-order valence-electron chi connectivity index (χ1n) is 10.9. The van der Waals surface area contributed by atoms with Crippen LogP contribution in [-0.2, 0) is 13.0 Å². The second-order valence-electron chi connectivity index (χ2n) is 8.29. The Hall–Kier alpha value is -2.59. The van der Waals surface area contributed by atoms with Gasteiger partial charge in [0.25, 0.3) is 0 Å². The Bertz CT molecular complexity index is 1020. The number of piperazine rings is 1. The molecule has 4 nitrogen and oxygen atoms in total. The fourth-order valence-electron chi connectivity index (χ4n) is 4.39. The van der Waals surface area contributed by atoms with Crippen molar-refractivity contribution < 1.29 is 4.90 Å². The van der Waals surface area contributed by atoms with Crippen molar-refractivity contribution in [3.05, 3.63) is 75.6 Å². The molecule has 2 N–H and O–H groups in total. The van der Waals surface area contributed by atoms with Gasteiger partial charge in [-0.3, -0.25) is 4.79 Å². The second-order valence-corrected chi connectivity index (χ2v) is 8.29. The minimum atomic E-state index is 0.215. The van der Waals surface area contributed by atoms with E-state index in [0.29, 0.717) is 0 Å². The van der Waals surface area contributed by atoms with Crippen LogP contribution in [0.15, 0.2) is 53.3 Å². The predicted molar refractivity (Wildman–Crippen MR) is 121 cm³/mol. The van der Waals surface area contributed by atoms with Crippen molar-refractivity contribution in [1.29, 1.82) is 0 Å². The van der Waals surface area contributed by atoms with Crippen molar-refractivity contribution in [1.82, 2.24) is 4.98 Å². The summed E-state index contributed by atoms with van der Waals surface area (Å²) in [4.78, 5) is 20.7. The van der Waals surface area contributed by atoms with Crippen LogP contribution in [0.5, 0.6) is 0 Å². The molecule has 0 saturated carbocycles. The van der Waals surface area contributed by atoms with Gasteiger partial charge in [-0.05, 0) is 49.6 Å². The number of aromatic amines is 1. The number of H-pyrrole nitrogens is 1. The van der Waals surface area contributed by atoms with Gasteiger partial charge in [0.1, 0.15) is 6.54 Å². The normalized spacial score (nSPS) is 15.2. The number of aromatic nitrogens is 1. The van der Waals surface area contributed by atoms with E-state index in [-0.39, 0.29) is 5.43 Å². The van der Waals surface area contributed by atoms with Gasteiger partial charge in [0.05, 0.1) is 31.7 Å². The molecule has 1 saturated heterocycles. The minimum Gasteiger partial charge on any atom is -0.360 e. The second kappa shape index (κ2) is 8.83. The van der Waals surface area contributed by atoms with Gasteiger partial charge >= 0.3 is 0 Å². The zero-order valence-corrected chi connectivity index (χ0v) is 17.6. The first-order valence-corrected chi connectivity index (χ1v) is 10.9. The van der Waals surface area contributed by atoms with E-state index < -0.39 is 0 Å². The lowest BCUT2D eigenvalue weighted by Crippen LogP contribution is -3.13. The van der Waals surface area contributed by atoms with E-state index in [0.717, 1.165) is 67.7 Å². The molecule has 0 bridgehead atoms. The molecular formula is C25H32N3O+. The molecule has 29 heavy (non-hydrogen) atoms. The molecule has 1 aliphatic rings. The van der Waals surface area contributed by atoms with E-state index >= 15 is 0 Å². The summed E-state index contributed by atoms with van der Waals surface area (Å²) >= 11 is 0. The Morgan fingerprint density at radius 2 is 1.83 bits per heavy atom. The van der Waals surface area contributed by atoms with E-state index in [1.165, 1.54) is 22.6 Å². The third kappa shape index (κ3) is 4.38. The Kier molecular flexibility index (Phi) is 6.00. The quantitative estimate of drug-likeness (QED) is 0.679.